The summed E-state index contributed by atoms with van der Waals surface area (Å²) in [5.74, 6) is 0.100. The van der Waals surface area contributed by atoms with Crippen LogP contribution in [0.25, 0.3) is 0 Å². The largest absolute Gasteiger partial charge is 0.497 e. The minimum Gasteiger partial charge on any atom is -0.497 e. The van der Waals surface area contributed by atoms with Gasteiger partial charge in [-0.05, 0) is 55.0 Å². The van der Waals surface area contributed by atoms with Crippen molar-refractivity contribution >= 4 is 26.0 Å². The molecular weight excluding hydrogens is 582 g/mol. The Morgan fingerprint density at radius 1 is 1.10 bits per heavy atom. The van der Waals surface area contributed by atoms with Gasteiger partial charge in [-0.3, -0.25) is 0 Å². The number of hydrogen-bond donors (Lipinski definition) is 2. The van der Waals surface area contributed by atoms with E-state index in [0.717, 1.165) is 16.1 Å². The van der Waals surface area contributed by atoms with E-state index in [4.69, 9.17) is 14.7 Å². The van der Waals surface area contributed by atoms with Crippen molar-refractivity contribution < 1.29 is 36.2 Å². The molecule has 0 bridgehead atoms. The Morgan fingerprint density at radius 2 is 1.71 bits per heavy atom. The highest BCUT2D eigenvalue weighted by molar-refractivity contribution is 7.90. The molecule has 0 aliphatic rings. The first-order chi connectivity index (χ1) is 19.6. The summed E-state index contributed by atoms with van der Waals surface area (Å²) in [5.41, 5.74) is 0.155. The fraction of sp³-hybridized carbons (Fsp3) is 0.517. The van der Waals surface area contributed by atoms with Crippen LogP contribution < -0.4 is 10.1 Å². The monoisotopic (exact) mass is 623 g/mol. The Kier molecular flexibility index (Phi) is 12.8. The van der Waals surface area contributed by atoms with E-state index in [1.807, 2.05) is 19.9 Å². The number of alkyl carbamates (subject to hydrolysis) is 1. The average molecular weight is 624 g/mol. The van der Waals surface area contributed by atoms with Gasteiger partial charge in [0.05, 0.1) is 36.0 Å². The molecule has 0 fully saturated rings. The van der Waals surface area contributed by atoms with E-state index in [1.54, 1.807) is 24.3 Å². The molecule has 3 atom stereocenters. The van der Waals surface area contributed by atoms with Gasteiger partial charge in [-0.1, -0.05) is 44.2 Å². The van der Waals surface area contributed by atoms with Crippen LogP contribution in [0.3, 0.4) is 0 Å². The van der Waals surface area contributed by atoms with Crippen molar-refractivity contribution in [3.8, 4) is 11.8 Å². The second-order valence-electron chi connectivity index (χ2n) is 11.1. The van der Waals surface area contributed by atoms with Gasteiger partial charge < -0.3 is 19.9 Å². The minimum atomic E-state index is -4.13. The number of aliphatic hydroxyl groups is 1. The van der Waals surface area contributed by atoms with E-state index in [2.05, 4.69) is 11.4 Å². The Labute approximate surface area is 249 Å². The lowest BCUT2D eigenvalue weighted by molar-refractivity contribution is 0.0757. The molecule has 0 saturated heterocycles. The summed E-state index contributed by atoms with van der Waals surface area (Å²) in [6.07, 6.45) is -1.45. The van der Waals surface area contributed by atoms with Crippen molar-refractivity contribution in [2.24, 2.45) is 5.41 Å². The second kappa shape index (κ2) is 15.3. The highest BCUT2D eigenvalue weighted by Crippen LogP contribution is 2.28. The summed E-state index contributed by atoms with van der Waals surface area (Å²) in [7, 11) is -6.07. The molecule has 232 valence electrons. The number of methoxy groups -OCH3 is 1. The molecule has 0 spiro atoms. The summed E-state index contributed by atoms with van der Waals surface area (Å²) in [5, 5.41) is 23.1. The summed E-state index contributed by atoms with van der Waals surface area (Å²) >= 11 is 0. The molecule has 0 radical (unpaired) electrons. The van der Waals surface area contributed by atoms with Gasteiger partial charge in [0.15, 0.2) is 9.84 Å². The summed E-state index contributed by atoms with van der Waals surface area (Å²) in [6, 6.07) is 16.0. The van der Waals surface area contributed by atoms with Gasteiger partial charge >= 0.3 is 6.09 Å². The molecule has 0 aliphatic carbocycles. The average Bonchev–Trinajstić information content (AvgIpc) is 2.90. The fourth-order valence-electron chi connectivity index (χ4n) is 4.41. The zero-order valence-corrected chi connectivity index (χ0v) is 26.3. The van der Waals surface area contributed by atoms with Crippen molar-refractivity contribution in [3.63, 3.8) is 0 Å². The summed E-state index contributed by atoms with van der Waals surface area (Å²) in [6.45, 7) is 4.74. The van der Waals surface area contributed by atoms with E-state index in [0.29, 0.717) is 12.2 Å². The van der Waals surface area contributed by atoms with Crippen LogP contribution in [0, 0.1) is 16.7 Å². The normalized spacial score (nSPS) is 14.4. The first-order valence-electron chi connectivity index (χ1n) is 13.4. The molecule has 0 aliphatic heterocycles. The number of nitrogens with one attached hydrogen (secondary N) is 1. The maximum absolute atomic E-state index is 13.8. The van der Waals surface area contributed by atoms with Crippen LogP contribution in [-0.4, -0.2) is 82.8 Å². The number of nitriles is 1. The van der Waals surface area contributed by atoms with Crippen LogP contribution in [-0.2, 0) is 31.0 Å². The van der Waals surface area contributed by atoms with E-state index >= 15 is 0 Å². The Balaban J connectivity index is 2.39. The number of sulfonamides is 1. The third-order valence-electron chi connectivity index (χ3n) is 6.52. The third kappa shape index (κ3) is 11.6. The van der Waals surface area contributed by atoms with Crippen molar-refractivity contribution in [3.05, 3.63) is 60.2 Å². The molecule has 2 aromatic carbocycles. The number of amides is 1. The van der Waals surface area contributed by atoms with Gasteiger partial charge in [-0.15, -0.1) is 0 Å². The van der Waals surface area contributed by atoms with Crippen LogP contribution in [0.1, 0.15) is 39.2 Å². The molecule has 2 rings (SSSR count). The lowest BCUT2D eigenvalue weighted by Crippen LogP contribution is -2.52. The number of nitrogens with zero attached hydrogens (tertiary/aromatic N) is 2. The molecule has 1 unspecified atom stereocenters. The molecule has 13 heteroatoms. The second-order valence-corrected chi connectivity index (χ2v) is 15.2. The zero-order valence-electron chi connectivity index (χ0n) is 24.7. The number of aliphatic hydroxyl groups excluding tert-OH is 1. The Bertz CT molecular complexity index is 1410. The zero-order chi connectivity index (χ0) is 31.6. The van der Waals surface area contributed by atoms with Gasteiger partial charge in [0.25, 0.3) is 0 Å². The fourth-order valence-corrected chi connectivity index (χ4v) is 6.98. The Morgan fingerprint density at radius 3 is 2.26 bits per heavy atom. The predicted octanol–water partition coefficient (Wildman–Crippen LogP) is 3.15. The van der Waals surface area contributed by atoms with E-state index in [9.17, 15) is 26.7 Å². The van der Waals surface area contributed by atoms with Crippen molar-refractivity contribution in [1.82, 2.24) is 9.62 Å². The van der Waals surface area contributed by atoms with Crippen LogP contribution in [0.15, 0.2) is 59.5 Å². The molecule has 0 aromatic heterocycles. The molecule has 1 amide bonds. The number of carbonyl (C=O) groups excluding carboxylic acids is 1. The highest BCUT2D eigenvalue weighted by Gasteiger charge is 2.35. The summed E-state index contributed by atoms with van der Waals surface area (Å²) in [4.78, 5) is 12.7. The highest BCUT2D eigenvalue weighted by atomic mass is 32.2. The number of ether oxygens (including phenoxy) is 2. The quantitative estimate of drug-likeness (QED) is 0.286. The Hall–Kier alpha value is -3.18. The predicted molar refractivity (Wildman–Crippen MR) is 159 cm³/mol. The molecule has 2 aromatic rings. The molecule has 2 N–H and O–H groups in total. The third-order valence-corrected chi connectivity index (χ3v) is 9.42. The van der Waals surface area contributed by atoms with Gasteiger partial charge in [0.2, 0.25) is 10.0 Å². The minimum absolute atomic E-state index is 0.00595. The lowest BCUT2D eigenvalue weighted by atomic mass is 9.88. The van der Waals surface area contributed by atoms with Crippen molar-refractivity contribution in [2.45, 2.75) is 63.2 Å². The van der Waals surface area contributed by atoms with Crippen LogP contribution >= 0.6 is 0 Å². The van der Waals surface area contributed by atoms with Crippen LogP contribution in [0.4, 0.5) is 4.79 Å². The number of benzene rings is 2. The van der Waals surface area contributed by atoms with Crippen LogP contribution in [0.5, 0.6) is 5.75 Å². The topological polar surface area (TPSA) is 163 Å². The first-order valence-corrected chi connectivity index (χ1v) is 16.9. The number of carbonyl (C=O) groups is 1. The molecule has 0 heterocycles. The maximum Gasteiger partial charge on any atom is 0.407 e. The van der Waals surface area contributed by atoms with Crippen molar-refractivity contribution in [1.29, 1.82) is 5.26 Å². The van der Waals surface area contributed by atoms with Gasteiger partial charge in [0.1, 0.15) is 11.9 Å². The van der Waals surface area contributed by atoms with Crippen molar-refractivity contribution in [2.75, 3.05) is 32.2 Å². The lowest BCUT2D eigenvalue weighted by Gasteiger charge is -2.34. The van der Waals surface area contributed by atoms with E-state index in [-0.39, 0.29) is 36.6 Å². The van der Waals surface area contributed by atoms with E-state index in [1.165, 1.54) is 38.3 Å². The molecule has 0 saturated carbocycles. The van der Waals surface area contributed by atoms with E-state index < -0.39 is 49.6 Å². The maximum atomic E-state index is 13.8. The number of sulfone groups is 1. The smallest absolute Gasteiger partial charge is 0.407 e. The first kappa shape index (κ1) is 35.0. The van der Waals surface area contributed by atoms with Gasteiger partial charge in [0, 0.05) is 25.8 Å². The SMILES string of the molecule is COc1ccc(S(=O)(=O)N(C[C@@H](O)[C@H](Cc2ccccc2)NC(=O)OC(C)CS(C)(=O)=O)CC(C)(C)CCC#N)cc1. The molecular formula is C29H41N3O8S2. The van der Waals surface area contributed by atoms with Gasteiger partial charge in [-0.25, -0.2) is 21.6 Å². The molecule has 11 nitrogen and oxygen atoms in total. The molecule has 42 heavy (non-hydrogen) atoms. The van der Waals surface area contributed by atoms with Gasteiger partial charge in [-0.2, -0.15) is 9.57 Å². The number of hydrogen-bond acceptors (Lipinski definition) is 9. The standard InChI is InChI=1S/C29H41N3O8S2/c1-22(20-41(5,35)36)40-28(34)31-26(18-23-10-7-6-8-11-23)27(33)19-32(21-29(2,3)16-9-17-30)42(37,38)25-14-12-24(39-4)13-15-25/h6-8,10-15,22,26-27,33H,9,16,18-21H2,1-5H3,(H,31,34)/t22?,26-,27+/m0/s1. The van der Waals surface area contributed by atoms with Crippen LogP contribution in [0.2, 0.25) is 0 Å². The summed E-state index contributed by atoms with van der Waals surface area (Å²) < 4.78 is 62.4. The number of rotatable bonds is 16.